The van der Waals surface area contributed by atoms with E-state index in [9.17, 15) is 9.59 Å². The van der Waals surface area contributed by atoms with Crippen LogP contribution in [0.4, 0.5) is 0 Å². The molecule has 1 aromatic rings. The first-order valence-electron chi connectivity index (χ1n) is 4.63. The third kappa shape index (κ3) is 8.34. The van der Waals surface area contributed by atoms with Crippen LogP contribution < -0.4 is 0 Å². The summed E-state index contributed by atoms with van der Waals surface area (Å²) in [7, 11) is 0. The molecule has 0 radical (unpaired) electrons. The van der Waals surface area contributed by atoms with Gasteiger partial charge in [-0.05, 0) is 26.0 Å². The molecule has 2 N–H and O–H groups in total. The third-order valence-corrected chi connectivity index (χ3v) is 1.79. The predicted molar refractivity (Wildman–Crippen MR) is 60.5 cm³/mol. The van der Waals surface area contributed by atoms with Crippen LogP contribution in [0.3, 0.4) is 0 Å². The summed E-state index contributed by atoms with van der Waals surface area (Å²) in [6.07, 6.45) is 1.56. The van der Waals surface area contributed by atoms with E-state index in [1.165, 1.54) is 0 Å². The van der Waals surface area contributed by atoms with Crippen LogP contribution in [0, 0.1) is 0 Å². The maximum Gasteiger partial charge on any atom is 0.335 e. The molecular weight excluding hydrogens is 274 g/mol. The second kappa shape index (κ2) is 9.73. The molecule has 1 rings (SSSR count). The Morgan fingerprint density at radius 1 is 1.12 bits per heavy atom. The zero-order chi connectivity index (χ0) is 12.6. The largest absolute Gasteiger partial charge is 0.478 e. The number of benzene rings is 1. The van der Waals surface area contributed by atoms with Crippen molar-refractivity contribution >= 4 is 11.9 Å². The van der Waals surface area contributed by atoms with Gasteiger partial charge < -0.3 is 10.2 Å². The molecule has 0 amide bonds. The first-order chi connectivity index (χ1) is 7.49. The van der Waals surface area contributed by atoms with Crippen molar-refractivity contribution < 1.29 is 39.3 Å². The zero-order valence-corrected chi connectivity index (χ0v) is 12.8. The van der Waals surface area contributed by atoms with Crippen molar-refractivity contribution in [1.29, 1.82) is 0 Å². The van der Waals surface area contributed by atoms with Gasteiger partial charge in [0, 0.05) is 25.1 Å². The number of aromatic carboxylic acids is 1. The first kappa shape index (κ1) is 17.9. The van der Waals surface area contributed by atoms with Crippen molar-refractivity contribution in [1.82, 2.24) is 0 Å². The van der Waals surface area contributed by atoms with Crippen molar-refractivity contribution in [3.63, 3.8) is 0 Å². The Balaban J connectivity index is 0. The van der Waals surface area contributed by atoms with Crippen molar-refractivity contribution in [3.05, 3.63) is 47.5 Å². The Morgan fingerprint density at radius 3 is 1.76 bits per heavy atom. The minimum atomic E-state index is -0.879. The van der Waals surface area contributed by atoms with Gasteiger partial charge in [-0.3, -0.25) is 0 Å². The number of allylic oxidation sites excluding steroid dienone is 1. The van der Waals surface area contributed by atoms with Crippen LogP contribution in [0.2, 0.25) is 0 Å². The van der Waals surface area contributed by atoms with Gasteiger partial charge in [0.2, 0.25) is 0 Å². The summed E-state index contributed by atoms with van der Waals surface area (Å²) in [5.74, 6) is -1.72. The molecule has 0 unspecified atom stereocenters. The second-order valence-electron chi connectivity index (χ2n) is 2.95. The second-order valence-corrected chi connectivity index (χ2v) is 2.95. The van der Waals surface area contributed by atoms with E-state index in [1.54, 1.807) is 50.3 Å². The van der Waals surface area contributed by atoms with E-state index in [0.717, 1.165) is 0 Å². The van der Waals surface area contributed by atoms with E-state index >= 15 is 0 Å². The topological polar surface area (TPSA) is 74.6 Å². The molecular formula is C12H14O4Zn. The van der Waals surface area contributed by atoms with Gasteiger partial charge in [0.15, 0.2) is 0 Å². The normalized spacial score (nSPS) is 9.41. The molecule has 1 aromatic carbocycles. The summed E-state index contributed by atoms with van der Waals surface area (Å²) in [5.41, 5.74) is 0.720. The summed E-state index contributed by atoms with van der Waals surface area (Å²) < 4.78 is 0. The number of aliphatic carboxylic acids is 1. The SMILES string of the molecule is C/C=C(\C)C(=O)O.O=C(O)c1ccccc1.[Zn]. The standard InChI is InChI=1S/C7H6O2.C5H8O2.Zn/c8-7(9)6-4-2-1-3-5-6;1-3-4(2)5(6)7;/h1-5H,(H,8,9);3H,1-2H3,(H,6,7);/b;4-3+;. The molecule has 0 aliphatic rings. The number of hydrogen-bond donors (Lipinski definition) is 2. The van der Waals surface area contributed by atoms with Gasteiger partial charge in [-0.2, -0.15) is 0 Å². The van der Waals surface area contributed by atoms with Gasteiger partial charge >= 0.3 is 11.9 Å². The Kier molecular flexibility index (Phi) is 10.2. The zero-order valence-electron chi connectivity index (χ0n) is 9.88. The summed E-state index contributed by atoms with van der Waals surface area (Å²) >= 11 is 0. The number of carboxylic acids is 2. The Labute approximate surface area is 113 Å². The van der Waals surface area contributed by atoms with Crippen LogP contribution in [0.1, 0.15) is 24.2 Å². The van der Waals surface area contributed by atoms with Crippen molar-refractivity contribution in [2.24, 2.45) is 0 Å². The molecule has 0 saturated heterocycles. The van der Waals surface area contributed by atoms with E-state index < -0.39 is 11.9 Å². The van der Waals surface area contributed by atoms with Crippen LogP contribution in [0.25, 0.3) is 0 Å². The minimum absolute atomic E-state index is 0. The van der Waals surface area contributed by atoms with Gasteiger partial charge in [0.1, 0.15) is 0 Å². The van der Waals surface area contributed by atoms with Gasteiger partial charge in [0.05, 0.1) is 5.56 Å². The molecule has 0 atom stereocenters. The van der Waals surface area contributed by atoms with Crippen molar-refractivity contribution in [3.8, 4) is 0 Å². The maximum atomic E-state index is 10.2. The van der Waals surface area contributed by atoms with E-state index in [4.69, 9.17) is 10.2 Å². The molecule has 0 heterocycles. The van der Waals surface area contributed by atoms with Crippen LogP contribution >= 0.6 is 0 Å². The van der Waals surface area contributed by atoms with Gasteiger partial charge in [-0.25, -0.2) is 9.59 Å². The minimum Gasteiger partial charge on any atom is -0.478 e. The first-order valence-corrected chi connectivity index (χ1v) is 4.63. The Bertz CT molecular complexity index is 385. The van der Waals surface area contributed by atoms with Crippen LogP contribution in [0.15, 0.2) is 42.0 Å². The van der Waals surface area contributed by atoms with Gasteiger partial charge in [-0.15, -0.1) is 0 Å². The molecule has 0 fully saturated rings. The fourth-order valence-corrected chi connectivity index (χ4v) is 0.704. The summed E-state index contributed by atoms with van der Waals surface area (Å²) in [6.45, 7) is 3.26. The van der Waals surface area contributed by atoms with E-state index in [2.05, 4.69) is 0 Å². The summed E-state index contributed by atoms with van der Waals surface area (Å²) in [4.78, 5) is 20.1. The van der Waals surface area contributed by atoms with E-state index in [-0.39, 0.29) is 19.5 Å². The van der Waals surface area contributed by atoms with E-state index in [1.807, 2.05) is 0 Å². The monoisotopic (exact) mass is 286 g/mol. The molecule has 5 heteroatoms. The number of rotatable bonds is 2. The fourth-order valence-electron chi connectivity index (χ4n) is 0.704. The average Bonchev–Trinajstić information content (AvgIpc) is 2.29. The average molecular weight is 288 g/mol. The summed E-state index contributed by atoms with van der Waals surface area (Å²) in [6, 6.07) is 8.30. The predicted octanol–water partition coefficient (Wildman–Crippen LogP) is 2.42. The molecule has 0 spiro atoms. The molecule has 0 saturated carbocycles. The molecule has 0 aliphatic heterocycles. The van der Waals surface area contributed by atoms with E-state index in [0.29, 0.717) is 11.1 Å². The third-order valence-electron chi connectivity index (χ3n) is 1.79. The van der Waals surface area contributed by atoms with Gasteiger partial charge in [-0.1, -0.05) is 24.3 Å². The van der Waals surface area contributed by atoms with Crippen molar-refractivity contribution in [2.75, 3.05) is 0 Å². The van der Waals surface area contributed by atoms with Crippen molar-refractivity contribution in [2.45, 2.75) is 13.8 Å². The molecule has 0 bridgehead atoms. The van der Waals surface area contributed by atoms with Gasteiger partial charge in [0.25, 0.3) is 0 Å². The Morgan fingerprint density at radius 2 is 1.59 bits per heavy atom. The van der Waals surface area contributed by atoms with Crippen LogP contribution in [-0.2, 0) is 24.3 Å². The van der Waals surface area contributed by atoms with Crippen LogP contribution in [0.5, 0.6) is 0 Å². The molecule has 17 heavy (non-hydrogen) atoms. The molecule has 88 valence electrons. The Hall–Kier alpha value is -1.48. The smallest absolute Gasteiger partial charge is 0.335 e. The molecule has 0 aliphatic carbocycles. The number of carbonyl (C=O) groups is 2. The summed E-state index contributed by atoms with van der Waals surface area (Å²) in [5, 5.41) is 16.5. The number of carboxylic acid groups (broad SMARTS) is 2. The number of hydrogen-bond acceptors (Lipinski definition) is 2. The fraction of sp³-hybridized carbons (Fsp3) is 0.167. The molecule has 0 aromatic heterocycles. The maximum absolute atomic E-state index is 10.2. The van der Waals surface area contributed by atoms with Crippen LogP contribution in [-0.4, -0.2) is 22.2 Å². The molecule has 4 nitrogen and oxygen atoms in total. The quantitative estimate of drug-likeness (QED) is 0.647.